The number of aromatic nitrogens is 1. The number of H-pyrrole nitrogens is 1. The molecule has 38 heavy (non-hydrogen) atoms. The maximum Gasteiger partial charge on any atom is 0.251 e. The Hall–Kier alpha value is -3.77. The summed E-state index contributed by atoms with van der Waals surface area (Å²) < 4.78 is 11.0. The van der Waals surface area contributed by atoms with Gasteiger partial charge in [0, 0.05) is 40.3 Å². The minimum Gasteiger partial charge on any atom is -0.493 e. The summed E-state index contributed by atoms with van der Waals surface area (Å²) in [6.45, 7) is 4.03. The number of aryl methyl sites for hydroxylation is 1. The van der Waals surface area contributed by atoms with Crippen molar-refractivity contribution in [2.75, 3.05) is 34.4 Å². The molecule has 0 radical (unpaired) electrons. The molecule has 0 saturated carbocycles. The largest absolute Gasteiger partial charge is 0.493 e. The Labute approximate surface area is 225 Å². The summed E-state index contributed by atoms with van der Waals surface area (Å²) in [5, 5.41) is 4.31. The first kappa shape index (κ1) is 25.9. The normalized spacial score (nSPS) is 15.6. The molecule has 2 N–H and O–H groups in total. The minimum atomic E-state index is -0.0137. The van der Waals surface area contributed by atoms with Gasteiger partial charge in [-0.25, -0.2) is 0 Å². The zero-order valence-corrected chi connectivity index (χ0v) is 22.8. The van der Waals surface area contributed by atoms with Gasteiger partial charge in [0.05, 0.1) is 14.2 Å². The third-order valence-electron chi connectivity index (χ3n) is 7.82. The van der Waals surface area contributed by atoms with Gasteiger partial charge in [-0.3, -0.25) is 4.79 Å². The maximum absolute atomic E-state index is 12.9. The number of nitrogens with zero attached hydrogens (tertiary/aromatic N) is 1. The average molecular weight is 512 g/mol. The molecule has 6 heteroatoms. The van der Waals surface area contributed by atoms with Crippen LogP contribution in [0, 0.1) is 0 Å². The highest BCUT2D eigenvalue weighted by atomic mass is 16.5. The molecule has 198 valence electrons. The molecule has 3 aromatic carbocycles. The van der Waals surface area contributed by atoms with Crippen molar-refractivity contribution < 1.29 is 14.3 Å². The first-order valence-electron chi connectivity index (χ1n) is 13.5. The van der Waals surface area contributed by atoms with Gasteiger partial charge in [-0.2, -0.15) is 0 Å². The Morgan fingerprint density at radius 3 is 2.53 bits per heavy atom. The van der Waals surface area contributed by atoms with E-state index in [9.17, 15) is 4.79 Å². The summed E-state index contributed by atoms with van der Waals surface area (Å²) in [7, 11) is 5.47. The number of rotatable bonds is 9. The molecule has 2 heterocycles. The molecular weight excluding hydrogens is 474 g/mol. The van der Waals surface area contributed by atoms with Crippen LogP contribution in [0.25, 0.3) is 33.3 Å². The van der Waals surface area contributed by atoms with Crippen LogP contribution in [0.2, 0.25) is 0 Å². The first-order valence-corrected chi connectivity index (χ1v) is 13.5. The SMILES string of the molecule is CCc1c(-c2ccc(OC)c(OC)c2)[nH]c2ccc(-c3cccc(C(=O)NCCC4CCCN4C)c3)cc12. The number of hydrogen-bond acceptors (Lipinski definition) is 4. The lowest BCUT2D eigenvalue weighted by Gasteiger charge is -2.19. The van der Waals surface area contributed by atoms with Gasteiger partial charge in [-0.1, -0.05) is 25.1 Å². The average Bonchev–Trinajstić information content (AvgIpc) is 3.54. The Morgan fingerprint density at radius 2 is 1.79 bits per heavy atom. The molecule has 1 aliphatic heterocycles. The van der Waals surface area contributed by atoms with Gasteiger partial charge in [-0.05, 0) is 98.4 Å². The van der Waals surface area contributed by atoms with Crippen LogP contribution in [0.15, 0.2) is 60.7 Å². The number of nitrogens with one attached hydrogen (secondary N) is 2. The lowest BCUT2D eigenvalue weighted by molar-refractivity contribution is 0.0950. The van der Waals surface area contributed by atoms with Crippen molar-refractivity contribution in [3.05, 3.63) is 71.8 Å². The number of ether oxygens (including phenoxy) is 2. The molecule has 1 fully saturated rings. The smallest absolute Gasteiger partial charge is 0.251 e. The van der Waals surface area contributed by atoms with E-state index in [1.165, 1.54) is 23.8 Å². The van der Waals surface area contributed by atoms with Gasteiger partial charge in [0.1, 0.15) is 0 Å². The van der Waals surface area contributed by atoms with E-state index in [2.05, 4.69) is 59.5 Å². The van der Waals surface area contributed by atoms with Gasteiger partial charge in [0.15, 0.2) is 11.5 Å². The van der Waals surface area contributed by atoms with Gasteiger partial charge in [-0.15, -0.1) is 0 Å². The summed E-state index contributed by atoms with van der Waals surface area (Å²) in [6, 6.07) is 21.0. The number of hydrogen-bond donors (Lipinski definition) is 2. The van der Waals surface area contributed by atoms with Crippen molar-refractivity contribution in [3.8, 4) is 33.9 Å². The number of fused-ring (bicyclic) bond motifs is 1. The Kier molecular flexibility index (Phi) is 7.70. The van der Waals surface area contributed by atoms with Crippen molar-refractivity contribution in [1.29, 1.82) is 0 Å². The van der Waals surface area contributed by atoms with Crippen LogP contribution in [-0.2, 0) is 6.42 Å². The van der Waals surface area contributed by atoms with Crippen LogP contribution in [0.3, 0.4) is 0 Å². The highest BCUT2D eigenvalue weighted by molar-refractivity contribution is 5.97. The van der Waals surface area contributed by atoms with Gasteiger partial charge < -0.3 is 24.7 Å². The van der Waals surface area contributed by atoms with Crippen LogP contribution in [0.4, 0.5) is 0 Å². The van der Waals surface area contributed by atoms with Crippen LogP contribution >= 0.6 is 0 Å². The standard InChI is InChI=1S/C32H37N3O3/c1-5-26-27-19-22(11-13-28(27)34-31(26)23-12-14-29(37-3)30(20-23)38-4)21-8-6-9-24(18-21)32(36)33-16-15-25-10-7-17-35(25)2/h6,8-9,11-14,18-20,25,34H,5,7,10,15-17H2,1-4H3,(H,33,36). The van der Waals surface area contributed by atoms with E-state index in [4.69, 9.17) is 9.47 Å². The molecule has 0 spiro atoms. The summed E-state index contributed by atoms with van der Waals surface area (Å²) >= 11 is 0. The predicted octanol–water partition coefficient (Wildman–Crippen LogP) is 6.30. The van der Waals surface area contributed by atoms with E-state index < -0.39 is 0 Å². The minimum absolute atomic E-state index is 0.0137. The number of likely N-dealkylation sites (tertiary alicyclic amines) is 1. The van der Waals surface area contributed by atoms with Gasteiger partial charge >= 0.3 is 0 Å². The third kappa shape index (κ3) is 5.14. The second-order valence-electron chi connectivity index (χ2n) is 10.1. The summed E-state index contributed by atoms with van der Waals surface area (Å²) in [5.74, 6) is 1.40. The molecule has 6 nitrogen and oxygen atoms in total. The fourth-order valence-electron chi connectivity index (χ4n) is 5.67. The first-order chi connectivity index (χ1) is 18.5. The molecular formula is C32H37N3O3. The van der Waals surface area contributed by atoms with E-state index in [0.29, 0.717) is 29.6 Å². The molecule has 0 aliphatic carbocycles. The highest BCUT2D eigenvalue weighted by Crippen LogP contribution is 2.37. The number of methoxy groups -OCH3 is 2. The predicted molar refractivity (Wildman–Crippen MR) is 154 cm³/mol. The van der Waals surface area contributed by atoms with Crippen LogP contribution < -0.4 is 14.8 Å². The van der Waals surface area contributed by atoms with Gasteiger partial charge in [0.2, 0.25) is 0 Å². The molecule has 0 bridgehead atoms. The lowest BCUT2D eigenvalue weighted by atomic mass is 9.98. The fourth-order valence-corrected chi connectivity index (χ4v) is 5.67. The quantitative estimate of drug-likeness (QED) is 0.277. The van der Waals surface area contributed by atoms with E-state index in [1.807, 2.05) is 30.3 Å². The van der Waals surface area contributed by atoms with E-state index in [0.717, 1.165) is 47.3 Å². The van der Waals surface area contributed by atoms with Crippen LogP contribution in [-0.4, -0.2) is 56.2 Å². The number of benzene rings is 3. The summed E-state index contributed by atoms with van der Waals surface area (Å²) in [4.78, 5) is 18.9. The molecule has 1 unspecified atom stereocenters. The Bertz CT molecular complexity index is 1440. The Balaban J connectivity index is 1.39. The zero-order valence-electron chi connectivity index (χ0n) is 22.8. The summed E-state index contributed by atoms with van der Waals surface area (Å²) in [5.41, 5.74) is 7.29. The molecule has 4 aromatic rings. The fraction of sp³-hybridized carbons (Fsp3) is 0.344. The highest BCUT2D eigenvalue weighted by Gasteiger charge is 2.20. The van der Waals surface area contributed by atoms with Crippen molar-refractivity contribution in [2.24, 2.45) is 0 Å². The van der Waals surface area contributed by atoms with E-state index in [1.54, 1.807) is 14.2 Å². The van der Waals surface area contributed by atoms with Crippen LogP contribution in [0.5, 0.6) is 11.5 Å². The van der Waals surface area contributed by atoms with Crippen molar-refractivity contribution >= 4 is 16.8 Å². The van der Waals surface area contributed by atoms with E-state index >= 15 is 0 Å². The van der Waals surface area contributed by atoms with Crippen molar-refractivity contribution in [3.63, 3.8) is 0 Å². The molecule has 1 amide bonds. The second-order valence-corrected chi connectivity index (χ2v) is 10.1. The lowest BCUT2D eigenvalue weighted by Crippen LogP contribution is -2.31. The molecule has 1 aliphatic rings. The molecule has 1 aromatic heterocycles. The van der Waals surface area contributed by atoms with Crippen LogP contribution in [0.1, 0.15) is 42.1 Å². The molecule has 1 saturated heterocycles. The topological polar surface area (TPSA) is 66.6 Å². The van der Waals surface area contributed by atoms with Gasteiger partial charge in [0.25, 0.3) is 5.91 Å². The van der Waals surface area contributed by atoms with Crippen molar-refractivity contribution in [1.82, 2.24) is 15.2 Å². The third-order valence-corrected chi connectivity index (χ3v) is 7.82. The molecule has 5 rings (SSSR count). The van der Waals surface area contributed by atoms with E-state index in [-0.39, 0.29) is 5.91 Å². The summed E-state index contributed by atoms with van der Waals surface area (Å²) in [6.07, 6.45) is 4.34. The Morgan fingerprint density at radius 1 is 1.00 bits per heavy atom. The maximum atomic E-state index is 12.9. The number of amides is 1. The number of aromatic amines is 1. The number of carbonyl (C=O) groups is 1. The zero-order chi connectivity index (χ0) is 26.6. The van der Waals surface area contributed by atoms with Crippen molar-refractivity contribution in [2.45, 2.75) is 38.6 Å². The number of carbonyl (C=O) groups excluding carboxylic acids is 1. The molecule has 1 atom stereocenters. The monoisotopic (exact) mass is 511 g/mol. The second kappa shape index (κ2) is 11.3.